The molecule has 1 saturated heterocycles. The molecule has 1 aromatic carbocycles. The van der Waals surface area contributed by atoms with Crippen LogP contribution in [0.4, 0.5) is 17.6 Å². The van der Waals surface area contributed by atoms with Crippen LogP contribution in [0, 0.1) is 18.2 Å². The first-order valence-electron chi connectivity index (χ1n) is 7.97. The highest BCUT2D eigenvalue weighted by Crippen LogP contribution is 2.46. The van der Waals surface area contributed by atoms with Gasteiger partial charge >= 0.3 is 12.1 Å². The number of carbonyl (C=O) groups excluding carboxylic acids is 1. The highest BCUT2D eigenvalue weighted by Gasteiger charge is 2.64. The van der Waals surface area contributed by atoms with Crippen molar-refractivity contribution < 1.29 is 32.3 Å². The maximum atomic E-state index is 13.3. The van der Waals surface area contributed by atoms with Gasteiger partial charge in [-0.3, -0.25) is 9.59 Å². The lowest BCUT2D eigenvalue weighted by molar-refractivity contribution is -0.227. The molecule has 3 rings (SSSR count). The molecule has 0 bridgehead atoms. The van der Waals surface area contributed by atoms with Crippen LogP contribution in [0.15, 0.2) is 30.5 Å². The first kappa shape index (κ1) is 18.9. The van der Waals surface area contributed by atoms with E-state index in [1.165, 1.54) is 35.1 Å². The molecule has 1 aliphatic heterocycles. The summed E-state index contributed by atoms with van der Waals surface area (Å²) in [5.74, 6) is -3.17. The molecule has 10 heteroatoms. The molecule has 27 heavy (non-hydrogen) atoms. The molecule has 1 atom stereocenters. The van der Waals surface area contributed by atoms with E-state index in [4.69, 9.17) is 5.11 Å². The molecule has 1 unspecified atom stereocenters. The average molecular weight is 385 g/mol. The van der Waals surface area contributed by atoms with Crippen LogP contribution in [-0.2, 0) is 4.79 Å². The molecule has 1 amide bonds. The van der Waals surface area contributed by atoms with Gasteiger partial charge in [-0.1, -0.05) is 0 Å². The van der Waals surface area contributed by atoms with Crippen molar-refractivity contribution in [1.82, 2.24) is 14.7 Å². The first-order chi connectivity index (χ1) is 12.6. The van der Waals surface area contributed by atoms with Crippen molar-refractivity contribution in [2.75, 3.05) is 13.1 Å². The van der Waals surface area contributed by atoms with E-state index in [9.17, 15) is 27.2 Å². The van der Waals surface area contributed by atoms with Crippen molar-refractivity contribution in [3.05, 3.63) is 47.5 Å². The van der Waals surface area contributed by atoms with Crippen LogP contribution >= 0.6 is 0 Å². The Morgan fingerprint density at radius 1 is 1.22 bits per heavy atom. The number of rotatable bonds is 3. The third-order valence-corrected chi connectivity index (χ3v) is 4.82. The number of alkyl halides is 3. The number of hydrogen-bond donors (Lipinski definition) is 1. The van der Waals surface area contributed by atoms with Gasteiger partial charge in [-0.05, 0) is 37.6 Å². The monoisotopic (exact) mass is 385 g/mol. The third kappa shape index (κ3) is 3.04. The number of benzene rings is 1. The fourth-order valence-corrected chi connectivity index (χ4v) is 3.14. The number of halogens is 4. The Bertz CT molecular complexity index is 892. The van der Waals surface area contributed by atoms with Gasteiger partial charge < -0.3 is 10.0 Å². The molecule has 0 radical (unpaired) electrons. The van der Waals surface area contributed by atoms with Gasteiger partial charge in [0.2, 0.25) is 0 Å². The van der Waals surface area contributed by atoms with E-state index in [0.717, 1.165) is 4.90 Å². The van der Waals surface area contributed by atoms with E-state index in [2.05, 4.69) is 5.10 Å². The lowest BCUT2D eigenvalue weighted by Crippen LogP contribution is -2.47. The second kappa shape index (κ2) is 6.36. The normalized spacial score (nSPS) is 20.1. The number of aliphatic carboxylic acids is 1. The fourth-order valence-electron chi connectivity index (χ4n) is 3.14. The number of amides is 1. The molecule has 2 aromatic rings. The summed E-state index contributed by atoms with van der Waals surface area (Å²) in [5.41, 5.74) is -2.08. The van der Waals surface area contributed by atoms with Crippen molar-refractivity contribution in [1.29, 1.82) is 0 Å². The Hall–Kier alpha value is -2.91. The molecule has 0 saturated carbocycles. The Labute approximate surface area is 151 Å². The number of hydrogen-bond acceptors (Lipinski definition) is 3. The van der Waals surface area contributed by atoms with E-state index in [1.54, 1.807) is 6.92 Å². The van der Waals surface area contributed by atoms with Crippen LogP contribution in [0.2, 0.25) is 0 Å². The van der Waals surface area contributed by atoms with Gasteiger partial charge in [-0.15, -0.1) is 0 Å². The SMILES string of the molecule is Cc1c(C(=O)N2CCC(C(=O)O)(C(F)(F)F)C2)cnn1-c1ccc(F)cc1. The Kier molecular flexibility index (Phi) is 4.44. The molecular weight excluding hydrogens is 370 g/mol. The van der Waals surface area contributed by atoms with Gasteiger partial charge in [-0.25, -0.2) is 9.07 Å². The van der Waals surface area contributed by atoms with E-state index < -0.39 is 42.3 Å². The molecule has 1 aromatic heterocycles. The minimum absolute atomic E-state index is 0.0580. The largest absolute Gasteiger partial charge is 0.481 e. The topological polar surface area (TPSA) is 75.4 Å². The molecule has 6 nitrogen and oxygen atoms in total. The van der Waals surface area contributed by atoms with Crippen molar-refractivity contribution in [3.63, 3.8) is 0 Å². The van der Waals surface area contributed by atoms with E-state index in [1.807, 2.05) is 0 Å². The van der Waals surface area contributed by atoms with Crippen LogP contribution in [0.5, 0.6) is 0 Å². The Morgan fingerprint density at radius 2 is 1.85 bits per heavy atom. The molecule has 1 N–H and O–H groups in total. The van der Waals surface area contributed by atoms with Crippen LogP contribution in [0.3, 0.4) is 0 Å². The number of nitrogens with zero attached hydrogens (tertiary/aromatic N) is 3. The second-order valence-electron chi connectivity index (χ2n) is 6.39. The molecule has 0 spiro atoms. The summed E-state index contributed by atoms with van der Waals surface area (Å²) in [6, 6.07) is 5.31. The standard InChI is InChI=1S/C17H15F4N3O3/c1-10-13(8-22-24(10)12-4-2-11(18)3-5-12)14(25)23-7-6-16(9-23,15(26)27)17(19,20)21/h2-5,8H,6-7,9H2,1H3,(H,26,27). The second-order valence-corrected chi connectivity index (χ2v) is 6.39. The number of likely N-dealkylation sites (tertiary alicyclic amines) is 1. The maximum Gasteiger partial charge on any atom is 0.406 e. The summed E-state index contributed by atoms with van der Waals surface area (Å²) in [6.07, 6.45) is -4.47. The van der Waals surface area contributed by atoms with Crippen LogP contribution < -0.4 is 0 Å². The molecule has 144 valence electrons. The summed E-state index contributed by atoms with van der Waals surface area (Å²) in [7, 11) is 0. The summed E-state index contributed by atoms with van der Waals surface area (Å²) in [5, 5.41) is 13.1. The summed E-state index contributed by atoms with van der Waals surface area (Å²) < 4.78 is 54.2. The fraction of sp³-hybridized carbons (Fsp3) is 0.353. The average Bonchev–Trinajstić information content (AvgIpc) is 3.20. The molecule has 0 aliphatic carbocycles. The zero-order valence-corrected chi connectivity index (χ0v) is 14.1. The minimum atomic E-state index is -4.97. The summed E-state index contributed by atoms with van der Waals surface area (Å²) >= 11 is 0. The highest BCUT2D eigenvalue weighted by molar-refractivity contribution is 5.96. The van der Waals surface area contributed by atoms with Crippen LogP contribution in [0.1, 0.15) is 22.5 Å². The van der Waals surface area contributed by atoms with E-state index in [-0.39, 0.29) is 12.1 Å². The van der Waals surface area contributed by atoms with Crippen molar-refractivity contribution in [2.24, 2.45) is 5.41 Å². The summed E-state index contributed by atoms with van der Waals surface area (Å²) in [4.78, 5) is 24.8. The maximum absolute atomic E-state index is 13.3. The van der Waals surface area contributed by atoms with Crippen molar-refractivity contribution >= 4 is 11.9 Å². The quantitative estimate of drug-likeness (QED) is 0.825. The van der Waals surface area contributed by atoms with Crippen molar-refractivity contribution in [2.45, 2.75) is 19.5 Å². The number of carboxylic acids is 1. The zero-order valence-electron chi connectivity index (χ0n) is 14.1. The van der Waals surface area contributed by atoms with Gasteiger partial charge in [0.25, 0.3) is 5.91 Å². The predicted molar refractivity (Wildman–Crippen MR) is 84.9 cm³/mol. The molecule has 2 heterocycles. The lowest BCUT2D eigenvalue weighted by Gasteiger charge is -2.27. The number of carboxylic acid groups (broad SMARTS) is 1. The lowest BCUT2D eigenvalue weighted by atomic mass is 9.86. The summed E-state index contributed by atoms with van der Waals surface area (Å²) in [6.45, 7) is 0.269. The first-order valence-corrected chi connectivity index (χ1v) is 7.97. The minimum Gasteiger partial charge on any atom is -0.481 e. The Balaban J connectivity index is 1.88. The van der Waals surface area contributed by atoms with Crippen molar-refractivity contribution in [3.8, 4) is 5.69 Å². The molecule has 1 fully saturated rings. The van der Waals surface area contributed by atoms with E-state index in [0.29, 0.717) is 11.4 Å². The van der Waals surface area contributed by atoms with E-state index >= 15 is 0 Å². The molecular formula is C17H15F4N3O3. The van der Waals surface area contributed by atoms with Gasteiger partial charge in [-0.2, -0.15) is 18.3 Å². The highest BCUT2D eigenvalue weighted by atomic mass is 19.4. The zero-order chi connectivity index (χ0) is 20.0. The van der Waals surface area contributed by atoms with Crippen LogP contribution in [-0.4, -0.2) is 50.9 Å². The smallest absolute Gasteiger partial charge is 0.406 e. The van der Waals surface area contributed by atoms with Crippen LogP contribution in [0.25, 0.3) is 5.69 Å². The van der Waals surface area contributed by atoms with Gasteiger partial charge in [0.05, 0.1) is 23.1 Å². The number of carbonyl (C=O) groups is 2. The van der Waals surface area contributed by atoms with Gasteiger partial charge in [0.1, 0.15) is 5.82 Å². The predicted octanol–water partition coefficient (Wildman–Crippen LogP) is 2.80. The Morgan fingerprint density at radius 3 is 2.37 bits per heavy atom. The van der Waals surface area contributed by atoms with Gasteiger partial charge in [0.15, 0.2) is 5.41 Å². The molecule has 1 aliphatic rings. The number of aromatic nitrogens is 2. The van der Waals surface area contributed by atoms with Gasteiger partial charge in [0, 0.05) is 13.1 Å². The third-order valence-electron chi connectivity index (χ3n) is 4.82.